The molecule has 0 amide bonds. The van der Waals surface area contributed by atoms with Gasteiger partial charge in [-0.25, -0.2) is 0 Å². The number of benzene rings is 1. The van der Waals surface area contributed by atoms with Gasteiger partial charge in [0.2, 0.25) is 0 Å². The largest absolute Gasteiger partial charge is 0.480 e. The van der Waals surface area contributed by atoms with Crippen LogP contribution in [0.1, 0.15) is 11.1 Å². The van der Waals surface area contributed by atoms with Crippen molar-refractivity contribution < 1.29 is 9.90 Å². The quantitative estimate of drug-likeness (QED) is 0.800. The van der Waals surface area contributed by atoms with Gasteiger partial charge < -0.3 is 10.4 Å². The van der Waals surface area contributed by atoms with Gasteiger partial charge in [0.1, 0.15) is 0 Å². The van der Waals surface area contributed by atoms with Gasteiger partial charge >= 0.3 is 5.97 Å². The van der Waals surface area contributed by atoms with E-state index in [1.165, 1.54) is 5.56 Å². The molecule has 0 spiro atoms. The lowest BCUT2D eigenvalue weighted by atomic mass is 10.2. The van der Waals surface area contributed by atoms with Crippen LogP contribution in [0.25, 0.3) is 0 Å². The summed E-state index contributed by atoms with van der Waals surface area (Å²) in [5.41, 5.74) is 2.16. The molecule has 18 heavy (non-hydrogen) atoms. The maximum absolute atomic E-state index is 10.4. The van der Waals surface area contributed by atoms with Crippen LogP contribution in [0.5, 0.6) is 0 Å². The number of hydrogen-bond acceptors (Lipinski definition) is 3. The molecular weight excluding hydrogens is 230 g/mol. The molecule has 1 heterocycles. The zero-order valence-corrected chi connectivity index (χ0v) is 9.91. The number of carboxylic acid groups (broad SMARTS) is 1. The fraction of sp³-hybridized carbons (Fsp3) is 0.231. The molecule has 5 heteroatoms. The molecule has 0 unspecified atom stereocenters. The van der Waals surface area contributed by atoms with Crippen molar-refractivity contribution in [2.24, 2.45) is 0 Å². The minimum atomic E-state index is -0.855. The van der Waals surface area contributed by atoms with Crippen LogP contribution < -0.4 is 5.32 Å². The van der Waals surface area contributed by atoms with Gasteiger partial charge in [-0.15, -0.1) is 0 Å². The number of carbonyl (C=O) groups is 1. The molecule has 0 aliphatic rings. The normalized spacial score (nSPS) is 10.4. The second-order valence-corrected chi connectivity index (χ2v) is 4.03. The maximum Gasteiger partial charge on any atom is 0.317 e. The van der Waals surface area contributed by atoms with E-state index in [0.29, 0.717) is 6.54 Å². The molecule has 0 aliphatic heterocycles. The van der Waals surface area contributed by atoms with Crippen LogP contribution >= 0.6 is 0 Å². The SMILES string of the molecule is O=C(O)CNCc1cnn(Cc2ccccc2)c1. The molecule has 2 aromatic rings. The fourth-order valence-corrected chi connectivity index (χ4v) is 1.67. The molecule has 0 atom stereocenters. The van der Waals surface area contributed by atoms with Gasteiger partial charge in [-0.1, -0.05) is 30.3 Å². The number of nitrogens with one attached hydrogen (secondary N) is 1. The first kappa shape index (κ1) is 12.3. The van der Waals surface area contributed by atoms with Crippen LogP contribution in [0.2, 0.25) is 0 Å². The number of nitrogens with zero attached hydrogens (tertiary/aromatic N) is 2. The summed E-state index contributed by atoms with van der Waals surface area (Å²) in [7, 11) is 0. The molecule has 0 saturated carbocycles. The summed E-state index contributed by atoms with van der Waals surface area (Å²) in [5, 5.41) is 15.6. The average molecular weight is 245 g/mol. The summed E-state index contributed by atoms with van der Waals surface area (Å²) in [6, 6.07) is 10.1. The third kappa shape index (κ3) is 3.71. The smallest absolute Gasteiger partial charge is 0.317 e. The molecule has 5 nitrogen and oxygen atoms in total. The lowest BCUT2D eigenvalue weighted by molar-refractivity contribution is -0.135. The number of aromatic nitrogens is 2. The maximum atomic E-state index is 10.4. The monoisotopic (exact) mass is 245 g/mol. The van der Waals surface area contributed by atoms with Gasteiger partial charge in [0.25, 0.3) is 0 Å². The Morgan fingerprint density at radius 2 is 2.06 bits per heavy atom. The number of hydrogen-bond donors (Lipinski definition) is 2. The number of carboxylic acids is 1. The van der Waals surface area contributed by atoms with E-state index in [4.69, 9.17) is 5.11 Å². The Morgan fingerprint density at radius 3 is 2.78 bits per heavy atom. The highest BCUT2D eigenvalue weighted by Crippen LogP contribution is 2.03. The van der Waals surface area contributed by atoms with Gasteiger partial charge in [-0.3, -0.25) is 9.48 Å². The van der Waals surface area contributed by atoms with Crippen molar-refractivity contribution in [2.75, 3.05) is 6.54 Å². The summed E-state index contributed by atoms with van der Waals surface area (Å²) in [4.78, 5) is 10.4. The van der Waals surface area contributed by atoms with Crippen molar-refractivity contribution in [1.82, 2.24) is 15.1 Å². The lowest BCUT2D eigenvalue weighted by Crippen LogP contribution is -2.21. The van der Waals surface area contributed by atoms with Crippen LogP contribution in [0, 0.1) is 0 Å². The van der Waals surface area contributed by atoms with Crippen LogP contribution in [0.4, 0.5) is 0 Å². The van der Waals surface area contributed by atoms with Crippen molar-refractivity contribution in [2.45, 2.75) is 13.1 Å². The van der Waals surface area contributed by atoms with Crippen LogP contribution in [0.15, 0.2) is 42.7 Å². The van der Waals surface area contributed by atoms with Crippen molar-refractivity contribution in [3.8, 4) is 0 Å². The van der Waals surface area contributed by atoms with Crippen LogP contribution in [0.3, 0.4) is 0 Å². The predicted molar refractivity (Wildman–Crippen MR) is 67.1 cm³/mol. The van der Waals surface area contributed by atoms with Crippen molar-refractivity contribution in [3.05, 3.63) is 53.9 Å². The standard InChI is InChI=1S/C13H15N3O2/c17-13(18)8-14-6-12-7-15-16(10-12)9-11-4-2-1-3-5-11/h1-5,7,10,14H,6,8-9H2,(H,17,18). The van der Waals surface area contributed by atoms with Crippen molar-refractivity contribution >= 4 is 5.97 Å². The molecule has 0 aliphatic carbocycles. The first-order chi connectivity index (χ1) is 8.74. The molecular formula is C13H15N3O2. The van der Waals surface area contributed by atoms with E-state index in [2.05, 4.69) is 10.4 Å². The molecule has 0 saturated heterocycles. The van der Waals surface area contributed by atoms with E-state index in [0.717, 1.165) is 12.1 Å². The molecule has 2 rings (SSSR count). The third-order valence-electron chi connectivity index (χ3n) is 2.48. The molecule has 94 valence electrons. The topological polar surface area (TPSA) is 67.2 Å². The van der Waals surface area contributed by atoms with Gasteiger partial charge in [0, 0.05) is 18.3 Å². The van der Waals surface area contributed by atoms with E-state index < -0.39 is 5.97 Å². The Kier molecular flexibility index (Phi) is 4.09. The molecule has 1 aromatic carbocycles. The first-order valence-electron chi connectivity index (χ1n) is 5.72. The average Bonchev–Trinajstić information content (AvgIpc) is 2.78. The molecule has 0 radical (unpaired) electrons. The van der Waals surface area contributed by atoms with Gasteiger partial charge in [-0.05, 0) is 5.56 Å². The summed E-state index contributed by atoms with van der Waals surface area (Å²) < 4.78 is 1.84. The highest BCUT2D eigenvalue weighted by atomic mass is 16.4. The van der Waals surface area contributed by atoms with Crippen LogP contribution in [-0.4, -0.2) is 27.4 Å². The summed E-state index contributed by atoms with van der Waals surface area (Å²) in [5.74, 6) is -0.855. The second kappa shape index (κ2) is 5.97. The Hall–Kier alpha value is -2.14. The summed E-state index contributed by atoms with van der Waals surface area (Å²) in [6.45, 7) is 1.20. The minimum Gasteiger partial charge on any atom is -0.480 e. The second-order valence-electron chi connectivity index (χ2n) is 4.03. The van der Waals surface area contributed by atoms with E-state index in [1.54, 1.807) is 6.20 Å². The Labute approximate surface area is 105 Å². The van der Waals surface area contributed by atoms with Gasteiger partial charge in [-0.2, -0.15) is 5.10 Å². The summed E-state index contributed by atoms with van der Waals surface area (Å²) in [6.07, 6.45) is 3.67. The third-order valence-corrected chi connectivity index (χ3v) is 2.48. The first-order valence-corrected chi connectivity index (χ1v) is 5.72. The van der Waals surface area contributed by atoms with E-state index in [-0.39, 0.29) is 6.54 Å². The Morgan fingerprint density at radius 1 is 1.28 bits per heavy atom. The molecule has 0 bridgehead atoms. The predicted octanol–water partition coefficient (Wildman–Crippen LogP) is 1.11. The Balaban J connectivity index is 1.88. The minimum absolute atomic E-state index is 0.0378. The van der Waals surface area contributed by atoms with E-state index >= 15 is 0 Å². The summed E-state index contributed by atoms with van der Waals surface area (Å²) >= 11 is 0. The lowest BCUT2D eigenvalue weighted by Gasteiger charge is -2.01. The highest BCUT2D eigenvalue weighted by molar-refractivity contribution is 5.68. The van der Waals surface area contributed by atoms with Crippen molar-refractivity contribution in [1.29, 1.82) is 0 Å². The molecule has 1 aromatic heterocycles. The highest BCUT2D eigenvalue weighted by Gasteiger charge is 2.01. The van der Waals surface area contributed by atoms with Crippen LogP contribution in [-0.2, 0) is 17.9 Å². The van der Waals surface area contributed by atoms with E-state index in [1.807, 2.05) is 41.2 Å². The van der Waals surface area contributed by atoms with Gasteiger partial charge in [0.05, 0.1) is 19.3 Å². The fourth-order valence-electron chi connectivity index (χ4n) is 1.67. The number of rotatable bonds is 6. The number of aliphatic carboxylic acids is 1. The Bertz CT molecular complexity index is 508. The molecule has 2 N–H and O–H groups in total. The zero-order valence-electron chi connectivity index (χ0n) is 9.91. The molecule has 0 fully saturated rings. The zero-order chi connectivity index (χ0) is 12.8. The van der Waals surface area contributed by atoms with E-state index in [9.17, 15) is 4.79 Å². The van der Waals surface area contributed by atoms with Crippen molar-refractivity contribution in [3.63, 3.8) is 0 Å². The van der Waals surface area contributed by atoms with Gasteiger partial charge in [0.15, 0.2) is 0 Å².